The molecule has 0 atom stereocenters. The average Bonchev–Trinajstić information content (AvgIpc) is 0.805. The Morgan fingerprint density at radius 3 is 0.878 bits per heavy atom. The van der Waals surface area contributed by atoms with Crippen LogP contribution in [0.2, 0.25) is 0 Å². The van der Waals surface area contributed by atoms with Gasteiger partial charge in [0.1, 0.15) is 0 Å². The minimum atomic E-state index is -3.76. The maximum atomic E-state index is 13.1. The number of aromatic nitrogens is 7. The fourth-order valence-corrected chi connectivity index (χ4v) is 17.7. The smallest absolute Gasteiger partial charge is 0.261 e. The molecule has 123 heavy (non-hydrogen) atoms. The van der Waals surface area contributed by atoms with Gasteiger partial charge in [-0.2, -0.15) is 0 Å². The first kappa shape index (κ1) is 89.7. The summed E-state index contributed by atoms with van der Waals surface area (Å²) in [4.78, 5) is 37.3. The largest absolute Gasteiger partial charge is 0.395 e. The summed E-state index contributed by atoms with van der Waals surface area (Å²) in [6.07, 6.45) is 13.8. The summed E-state index contributed by atoms with van der Waals surface area (Å²) in [6.45, 7) is 14.4. The van der Waals surface area contributed by atoms with E-state index in [0.717, 1.165) is 129 Å². The predicted octanol–water partition coefficient (Wildman–Crippen LogP) is 17.6. The van der Waals surface area contributed by atoms with Gasteiger partial charge in [0.25, 0.3) is 40.1 Å². The van der Waals surface area contributed by atoms with Gasteiger partial charge in [-0.05, 0) is 206 Å². The number of aryl methyl sites for hydroxylation is 7. The third kappa shape index (κ3) is 25.8. The zero-order valence-electron chi connectivity index (χ0n) is 68.9. The molecule has 8 aromatic carbocycles. The van der Waals surface area contributed by atoms with Crippen LogP contribution in [0.1, 0.15) is 87.8 Å². The van der Waals surface area contributed by atoms with Crippen molar-refractivity contribution < 1.29 is 43.9 Å². The quantitative estimate of drug-likeness (QED) is 0.0164. The number of fused-ring (bicyclic) bond motifs is 4. The van der Waals surface area contributed by atoms with Crippen LogP contribution in [-0.2, 0) is 85.5 Å². The molecule has 0 amide bonds. The SMILES string of the molecule is C=CCCCc1ccc2cccc(NS(=O)(=O)c3ccc(C)cc3)c2n1.Cc1ccc(S(=O)(=O)Nc2cccc3ccc(CCCCc4ccccn4)nc23)cc1.Cc1ccc(S(=O)(=O)Nc2cccc3ccc(CN(CCO)CCO)nc23)cc1.Cc1ccc(S(=O)(=O)Nc2cccc3ccc(CN(Cc4ccccn4)Cc4ccccn4)nc23)cc1. The van der Waals surface area contributed by atoms with Gasteiger partial charge in [0.2, 0.25) is 0 Å². The highest BCUT2D eigenvalue weighted by Gasteiger charge is 2.23. The minimum absolute atomic E-state index is 0.0187. The summed E-state index contributed by atoms with van der Waals surface area (Å²) in [5, 5.41) is 21.9. The molecule has 7 heterocycles. The van der Waals surface area contributed by atoms with Crippen LogP contribution in [-0.4, -0.2) is 115 Å². The van der Waals surface area contributed by atoms with Gasteiger partial charge in [-0.15, -0.1) is 6.58 Å². The fourth-order valence-electron chi connectivity index (χ4n) is 13.4. The normalized spacial score (nSPS) is 11.6. The molecule has 6 N–H and O–H groups in total. The number of anilines is 4. The Morgan fingerprint density at radius 2 is 0.577 bits per heavy atom. The maximum Gasteiger partial charge on any atom is 0.261 e. The number of hydrogen-bond donors (Lipinski definition) is 6. The first-order valence-electron chi connectivity index (χ1n) is 40.3. The first-order chi connectivity index (χ1) is 59.4. The van der Waals surface area contributed by atoms with Crippen molar-refractivity contribution in [1.29, 1.82) is 0 Å². The van der Waals surface area contributed by atoms with Crippen LogP contribution in [0.15, 0.2) is 324 Å². The molecule has 0 aliphatic carbocycles. The lowest BCUT2D eigenvalue weighted by molar-refractivity contribution is 0.155. The van der Waals surface area contributed by atoms with Gasteiger partial charge in [-0.3, -0.25) is 53.6 Å². The number of rotatable bonds is 33. The van der Waals surface area contributed by atoms with Crippen LogP contribution in [0.3, 0.4) is 0 Å². The number of allylic oxidation sites excluding steroid dienone is 1. The van der Waals surface area contributed by atoms with Crippen molar-refractivity contribution in [3.05, 3.63) is 366 Å². The van der Waals surface area contributed by atoms with Gasteiger partial charge in [-0.1, -0.05) is 168 Å². The molecule has 0 unspecified atom stereocenters. The van der Waals surface area contributed by atoms with E-state index in [0.29, 0.717) is 84.1 Å². The van der Waals surface area contributed by atoms with Crippen molar-refractivity contribution in [1.82, 2.24) is 44.7 Å². The van der Waals surface area contributed by atoms with Gasteiger partial charge >= 0.3 is 0 Å². The predicted molar refractivity (Wildman–Crippen MR) is 490 cm³/mol. The third-order valence-electron chi connectivity index (χ3n) is 19.9. The first-order valence-corrected chi connectivity index (χ1v) is 46.2. The van der Waals surface area contributed by atoms with Gasteiger partial charge < -0.3 is 10.2 Å². The van der Waals surface area contributed by atoms with Crippen LogP contribution >= 0.6 is 0 Å². The Balaban J connectivity index is 0.000000151. The van der Waals surface area contributed by atoms with Crippen molar-refractivity contribution in [2.24, 2.45) is 0 Å². The molecule has 15 rings (SSSR count). The Bertz CT molecular complexity index is 6490. The van der Waals surface area contributed by atoms with E-state index >= 15 is 0 Å². The topological polar surface area (TPSA) is 322 Å². The van der Waals surface area contributed by atoms with Crippen molar-refractivity contribution in [3.63, 3.8) is 0 Å². The molecule has 7 aromatic heterocycles. The molecule has 0 saturated carbocycles. The Kier molecular flexibility index (Phi) is 31.2. The van der Waals surface area contributed by atoms with Crippen LogP contribution in [0, 0.1) is 27.7 Å². The minimum Gasteiger partial charge on any atom is -0.395 e. The number of pyridine rings is 7. The van der Waals surface area contributed by atoms with E-state index in [1.54, 1.807) is 140 Å². The molecular formula is C96H99N13O10S4. The van der Waals surface area contributed by atoms with Crippen LogP contribution in [0.5, 0.6) is 0 Å². The summed E-state index contributed by atoms with van der Waals surface area (Å²) in [7, 11) is -14.8. The highest BCUT2D eigenvalue weighted by molar-refractivity contribution is 7.93. The molecule has 0 spiro atoms. The van der Waals surface area contributed by atoms with E-state index in [1.165, 1.54) is 0 Å². The second-order valence-corrected chi connectivity index (χ2v) is 36.3. The average molecular weight is 1720 g/mol. The van der Waals surface area contributed by atoms with Gasteiger partial charge in [0.15, 0.2) is 0 Å². The Morgan fingerprint density at radius 1 is 0.301 bits per heavy atom. The highest BCUT2D eigenvalue weighted by Crippen LogP contribution is 2.31. The lowest BCUT2D eigenvalue weighted by Gasteiger charge is -2.21. The van der Waals surface area contributed by atoms with Crippen molar-refractivity contribution in [3.8, 4) is 0 Å². The summed E-state index contributed by atoms with van der Waals surface area (Å²) >= 11 is 0. The highest BCUT2D eigenvalue weighted by atomic mass is 32.2. The summed E-state index contributed by atoms with van der Waals surface area (Å²) < 4.78 is 114. The molecule has 0 bridgehead atoms. The van der Waals surface area contributed by atoms with Crippen molar-refractivity contribution >= 4 is 106 Å². The molecule has 0 fully saturated rings. The van der Waals surface area contributed by atoms with Gasteiger partial charge in [-0.25, -0.2) is 43.6 Å². The molecular weight excluding hydrogens is 1620 g/mol. The van der Waals surface area contributed by atoms with Gasteiger partial charge in [0, 0.05) is 96.5 Å². The van der Waals surface area contributed by atoms with E-state index in [1.807, 2.05) is 190 Å². The lowest BCUT2D eigenvalue weighted by Crippen LogP contribution is -2.29. The molecule has 27 heteroatoms. The Hall–Kier alpha value is -12.6. The standard InChI is InChI=1S/C29H27N5O2S.C25H25N3O2S.C21H25N3O4S.C21H22N2O2S/c1-22-11-15-27(16-12-22)37(35,36)33-28-10-6-7-23-13-14-26(32-29(23)28)21-34(19-24-8-2-4-17-30-24)20-25-9-3-5-18-31-25;1-19-12-16-23(17-13-19)31(29,30)28-24-11-6-7-20-14-15-22(27-25(20)24)10-3-2-8-21-9-4-5-18-26-21;1-16-5-9-19(10-6-16)29(27,28)23-20-4-2-3-17-7-8-18(22-21(17)20)15-24(11-13-25)12-14-26;1-3-4-5-8-18-13-12-17-7-6-9-20(21(17)22-18)23-26(24,25)19-14-10-16(2)11-15-19/h2-18,33H,19-21H2,1H3;4-7,9,11-18,28H,2-3,8,10H2,1H3;2-10,23,25-26H,11-15H2,1H3;3,6-7,9-15,23H,1,4-5,8H2,2H3. The fraction of sp³-hybridized carbons (Fsp3) is 0.198. The molecule has 23 nitrogen and oxygen atoms in total. The van der Waals surface area contributed by atoms with Crippen LogP contribution < -0.4 is 18.9 Å². The molecule has 15 aromatic rings. The van der Waals surface area contributed by atoms with Gasteiger partial charge in [0.05, 0.1) is 100 Å². The van der Waals surface area contributed by atoms with Crippen molar-refractivity contribution in [2.75, 3.05) is 45.2 Å². The second kappa shape index (κ2) is 42.8. The van der Waals surface area contributed by atoms with E-state index in [2.05, 4.69) is 55.3 Å². The van der Waals surface area contributed by atoms with Crippen LogP contribution in [0.4, 0.5) is 22.7 Å². The number of para-hydroxylation sites is 4. The number of benzene rings is 8. The third-order valence-corrected chi connectivity index (χ3v) is 25.5. The van der Waals surface area contributed by atoms with E-state index < -0.39 is 40.1 Å². The monoisotopic (exact) mass is 1720 g/mol. The van der Waals surface area contributed by atoms with E-state index in [9.17, 15) is 43.9 Å². The lowest BCUT2D eigenvalue weighted by atomic mass is 10.1. The number of hydrogen-bond acceptors (Lipinski definition) is 19. The second-order valence-electron chi connectivity index (χ2n) is 29.6. The molecule has 0 saturated heterocycles. The number of aliphatic hydroxyl groups excluding tert-OH is 2. The number of nitrogens with one attached hydrogen (secondary N) is 4. The molecule has 0 radical (unpaired) electrons. The summed E-state index contributed by atoms with van der Waals surface area (Å²) in [5.41, 5.74) is 14.8. The maximum absolute atomic E-state index is 13.1. The summed E-state index contributed by atoms with van der Waals surface area (Å²) in [5.74, 6) is 0. The Labute approximate surface area is 720 Å². The zero-order valence-corrected chi connectivity index (χ0v) is 72.2. The molecule has 0 aliphatic rings. The number of aliphatic hydroxyl groups is 2. The number of nitrogens with zero attached hydrogens (tertiary/aromatic N) is 9. The molecule has 632 valence electrons. The van der Waals surface area contributed by atoms with E-state index in [4.69, 9.17) is 9.97 Å². The van der Waals surface area contributed by atoms with Crippen molar-refractivity contribution in [2.45, 2.75) is 118 Å². The van der Waals surface area contributed by atoms with E-state index in [-0.39, 0.29) is 32.8 Å². The number of unbranched alkanes of at least 4 members (excludes halogenated alkanes) is 2. The summed E-state index contributed by atoms with van der Waals surface area (Å²) in [6, 6.07) is 82.3. The van der Waals surface area contributed by atoms with Crippen LogP contribution in [0.25, 0.3) is 43.6 Å². The number of sulfonamides is 4. The zero-order chi connectivity index (χ0) is 86.8. The molecule has 0 aliphatic heterocycles.